The van der Waals surface area contributed by atoms with E-state index < -0.39 is 0 Å². The molecule has 2 N–H and O–H groups in total. The number of halogens is 1. The average molecular weight is 280 g/mol. The Morgan fingerprint density at radius 2 is 2.25 bits per heavy atom. The van der Waals surface area contributed by atoms with Gasteiger partial charge in [0, 0.05) is 25.0 Å². The molecule has 0 saturated carbocycles. The molecule has 20 heavy (non-hydrogen) atoms. The van der Waals surface area contributed by atoms with Crippen LogP contribution in [-0.2, 0) is 13.0 Å². The van der Waals surface area contributed by atoms with Gasteiger partial charge in [0.05, 0.1) is 30.3 Å². The quantitative estimate of drug-likeness (QED) is 0.912. The highest BCUT2D eigenvalue weighted by atomic mass is 19.1. The molecule has 1 aliphatic heterocycles. The molecule has 0 radical (unpaired) electrons. The molecule has 1 amide bonds. The zero-order valence-electron chi connectivity index (χ0n) is 12.2. The van der Waals surface area contributed by atoms with E-state index in [1.54, 1.807) is 10.9 Å². The number of carbonyl (C=O) groups excluding carboxylic acids is 1. The van der Waals surface area contributed by atoms with E-state index in [1.165, 1.54) is 0 Å². The number of nitrogens with two attached hydrogens (primary N) is 1. The fourth-order valence-corrected chi connectivity index (χ4v) is 2.43. The summed E-state index contributed by atoms with van der Waals surface area (Å²) in [6.45, 7) is 7.13. The van der Waals surface area contributed by atoms with Crippen molar-refractivity contribution in [3.63, 3.8) is 0 Å². The first kappa shape index (κ1) is 14.7. The minimum absolute atomic E-state index is 0.0106. The molecule has 0 unspecified atom stereocenters. The third-order valence-corrected chi connectivity index (χ3v) is 3.58. The summed E-state index contributed by atoms with van der Waals surface area (Å²) in [6.07, 6.45) is 2.81. The summed E-state index contributed by atoms with van der Waals surface area (Å²) in [5.74, 6) is -0.0106. The van der Waals surface area contributed by atoms with Crippen molar-refractivity contribution >= 4 is 5.91 Å². The van der Waals surface area contributed by atoms with Crippen LogP contribution < -0.4 is 5.73 Å². The van der Waals surface area contributed by atoms with Gasteiger partial charge in [-0.05, 0) is 26.3 Å². The molecular weight excluding hydrogens is 259 g/mol. The molecule has 1 aromatic rings. The van der Waals surface area contributed by atoms with Crippen LogP contribution in [0.4, 0.5) is 4.39 Å². The molecule has 5 nitrogen and oxygen atoms in total. The summed E-state index contributed by atoms with van der Waals surface area (Å²) in [5, 5.41) is 4.21. The van der Waals surface area contributed by atoms with Crippen molar-refractivity contribution in [1.29, 1.82) is 0 Å². The number of fused-ring (bicyclic) bond motifs is 1. The average Bonchev–Trinajstić information content (AvgIpc) is 2.79. The van der Waals surface area contributed by atoms with Gasteiger partial charge in [-0.3, -0.25) is 9.48 Å². The third kappa shape index (κ3) is 2.60. The molecule has 0 atom stereocenters. The Morgan fingerprint density at radius 1 is 1.55 bits per heavy atom. The first-order chi connectivity index (χ1) is 9.38. The lowest BCUT2D eigenvalue weighted by molar-refractivity contribution is 0.0559. The van der Waals surface area contributed by atoms with Gasteiger partial charge >= 0.3 is 0 Å². The predicted octanol–water partition coefficient (Wildman–Crippen LogP) is 1.49. The molecule has 2 rings (SSSR count). The van der Waals surface area contributed by atoms with E-state index in [0.717, 1.165) is 12.1 Å². The first-order valence-corrected chi connectivity index (χ1v) is 6.73. The Labute approximate surface area is 118 Å². The maximum absolute atomic E-state index is 12.6. The van der Waals surface area contributed by atoms with Crippen molar-refractivity contribution in [1.82, 2.24) is 14.7 Å². The molecule has 0 aliphatic carbocycles. The van der Waals surface area contributed by atoms with E-state index in [1.807, 2.05) is 25.7 Å². The van der Waals surface area contributed by atoms with Crippen LogP contribution in [-0.4, -0.2) is 39.2 Å². The minimum Gasteiger partial charge on any atom is -0.333 e. The van der Waals surface area contributed by atoms with E-state index in [2.05, 4.69) is 5.10 Å². The summed E-state index contributed by atoms with van der Waals surface area (Å²) in [6, 6.07) is 0. The largest absolute Gasteiger partial charge is 0.333 e. The lowest BCUT2D eigenvalue weighted by atomic mass is 9.99. The second-order valence-corrected chi connectivity index (χ2v) is 6.01. The van der Waals surface area contributed by atoms with Crippen LogP contribution in [0.2, 0.25) is 0 Å². The number of rotatable bonds is 3. The Hall–Kier alpha value is -1.69. The molecule has 0 aromatic carbocycles. The highest BCUT2D eigenvalue weighted by Crippen LogP contribution is 2.25. The smallest absolute Gasteiger partial charge is 0.257 e. The topological polar surface area (TPSA) is 64.2 Å². The van der Waals surface area contributed by atoms with Gasteiger partial charge in [-0.15, -0.1) is 0 Å². The maximum Gasteiger partial charge on any atom is 0.257 e. The second-order valence-electron chi connectivity index (χ2n) is 6.01. The minimum atomic E-state index is -0.210. The summed E-state index contributed by atoms with van der Waals surface area (Å²) in [4.78, 5) is 14.3. The maximum atomic E-state index is 12.6. The lowest BCUT2D eigenvalue weighted by Gasteiger charge is -2.38. The molecule has 110 valence electrons. The van der Waals surface area contributed by atoms with Gasteiger partial charge in [0.1, 0.15) is 0 Å². The zero-order valence-corrected chi connectivity index (χ0v) is 12.2. The summed E-state index contributed by atoms with van der Waals surface area (Å²) in [7, 11) is 0. The molecule has 1 aliphatic rings. The van der Waals surface area contributed by atoms with Gasteiger partial charge in [-0.25, -0.2) is 4.39 Å². The fraction of sp³-hybridized carbons (Fsp3) is 0.571. The number of nitrogens with zero attached hydrogens (tertiary/aromatic N) is 3. The standard InChI is InChI=1S/C14H21FN4O/c1-14(2,3)18-5-4-12-11(13(18)20)8-17-19(12)9-10(6-15)7-16/h6,8H,4-5,7,9,16H2,1-3H3/b10-6+. The lowest BCUT2D eigenvalue weighted by Crippen LogP contribution is -2.49. The van der Waals surface area contributed by atoms with Crippen LogP contribution in [0.5, 0.6) is 0 Å². The van der Waals surface area contributed by atoms with Gasteiger partial charge in [-0.2, -0.15) is 5.10 Å². The van der Waals surface area contributed by atoms with Crippen LogP contribution in [0.3, 0.4) is 0 Å². The van der Waals surface area contributed by atoms with E-state index in [4.69, 9.17) is 5.73 Å². The predicted molar refractivity (Wildman–Crippen MR) is 75.0 cm³/mol. The Bertz CT molecular complexity index is 542. The molecule has 6 heteroatoms. The van der Waals surface area contributed by atoms with Gasteiger partial charge in [0.25, 0.3) is 5.91 Å². The van der Waals surface area contributed by atoms with Crippen molar-refractivity contribution in [2.24, 2.45) is 5.73 Å². The van der Waals surface area contributed by atoms with E-state index >= 15 is 0 Å². The van der Waals surface area contributed by atoms with E-state index in [-0.39, 0.29) is 18.0 Å². The number of hydrogen-bond acceptors (Lipinski definition) is 3. The fourth-order valence-electron chi connectivity index (χ4n) is 2.43. The highest BCUT2D eigenvalue weighted by molar-refractivity contribution is 5.96. The third-order valence-electron chi connectivity index (χ3n) is 3.58. The van der Waals surface area contributed by atoms with Crippen molar-refractivity contribution < 1.29 is 9.18 Å². The molecule has 0 bridgehead atoms. The first-order valence-electron chi connectivity index (χ1n) is 6.73. The number of carbonyl (C=O) groups is 1. The molecular formula is C14H21FN4O. The van der Waals surface area contributed by atoms with Gasteiger partial charge in [-0.1, -0.05) is 0 Å². The van der Waals surface area contributed by atoms with E-state index in [0.29, 0.717) is 30.6 Å². The molecule has 0 spiro atoms. The van der Waals surface area contributed by atoms with Crippen molar-refractivity contribution in [2.75, 3.05) is 13.1 Å². The van der Waals surface area contributed by atoms with Crippen LogP contribution in [0.25, 0.3) is 0 Å². The number of hydrogen-bond donors (Lipinski definition) is 1. The highest BCUT2D eigenvalue weighted by Gasteiger charge is 2.34. The second kappa shape index (κ2) is 5.36. The molecule has 0 fully saturated rings. The Morgan fingerprint density at radius 3 is 2.80 bits per heavy atom. The number of amides is 1. The zero-order chi connectivity index (χ0) is 14.9. The number of aromatic nitrogens is 2. The Kier molecular flexibility index (Phi) is 3.94. The van der Waals surface area contributed by atoms with Gasteiger partial charge in [0.2, 0.25) is 0 Å². The Balaban J connectivity index is 2.28. The van der Waals surface area contributed by atoms with Crippen LogP contribution in [0.1, 0.15) is 36.8 Å². The van der Waals surface area contributed by atoms with Crippen molar-refractivity contribution in [2.45, 2.75) is 39.3 Å². The van der Waals surface area contributed by atoms with Crippen molar-refractivity contribution in [3.05, 3.63) is 29.4 Å². The summed E-state index contributed by atoms with van der Waals surface area (Å²) in [5.41, 5.74) is 7.18. The van der Waals surface area contributed by atoms with Gasteiger partial charge < -0.3 is 10.6 Å². The molecule has 0 saturated heterocycles. The molecule has 1 aromatic heterocycles. The summed E-state index contributed by atoms with van der Waals surface area (Å²) >= 11 is 0. The summed E-state index contributed by atoms with van der Waals surface area (Å²) < 4.78 is 14.3. The molecule has 2 heterocycles. The van der Waals surface area contributed by atoms with Gasteiger partial charge in [0.15, 0.2) is 0 Å². The normalized spacial score (nSPS) is 16.6. The monoisotopic (exact) mass is 280 g/mol. The van der Waals surface area contributed by atoms with Crippen LogP contribution in [0, 0.1) is 0 Å². The van der Waals surface area contributed by atoms with E-state index in [9.17, 15) is 9.18 Å². The van der Waals surface area contributed by atoms with Crippen LogP contribution in [0.15, 0.2) is 18.1 Å². The SMILES string of the molecule is CC(C)(C)N1CCc2c(cnn2C/C(=C/F)CN)C1=O. The van der Waals surface area contributed by atoms with Crippen LogP contribution >= 0.6 is 0 Å². The van der Waals surface area contributed by atoms with Crippen molar-refractivity contribution in [3.8, 4) is 0 Å².